The van der Waals surface area contributed by atoms with Crippen molar-refractivity contribution in [3.05, 3.63) is 50.9 Å². The average molecular weight is 470 g/mol. The Morgan fingerprint density at radius 3 is 2.28 bits per heavy atom. The van der Waals surface area contributed by atoms with E-state index in [0.29, 0.717) is 23.5 Å². The summed E-state index contributed by atoms with van der Waals surface area (Å²) in [5, 5.41) is 5.62. The third-order valence-electron chi connectivity index (χ3n) is 3.46. The van der Waals surface area contributed by atoms with Crippen LogP contribution in [-0.2, 0) is 9.59 Å². The summed E-state index contributed by atoms with van der Waals surface area (Å²) in [6.45, 7) is 3.51. The number of benzene rings is 2. The van der Waals surface area contributed by atoms with E-state index in [2.05, 4.69) is 42.5 Å². The molecule has 0 fully saturated rings. The molecule has 0 saturated carbocycles. The first-order valence-electron chi connectivity index (χ1n) is 7.68. The van der Waals surface area contributed by atoms with Crippen LogP contribution in [0.4, 0.5) is 11.4 Å². The standard InChI is InChI=1S/C18H18Br2N2O3/c1-3-17(23)21-14-5-4-6-15(11(14)2)22-18(24)10-25-16-8-7-12(19)9-13(16)20/h4-9H,3,10H2,1-2H3,(H,21,23)(H,22,24). The molecule has 0 aromatic heterocycles. The molecular weight excluding hydrogens is 452 g/mol. The first kappa shape index (κ1) is 19.5. The van der Waals surface area contributed by atoms with Crippen molar-refractivity contribution in [2.24, 2.45) is 0 Å². The number of amides is 2. The Bertz CT molecular complexity index is 794. The molecular formula is C18H18Br2N2O3. The van der Waals surface area contributed by atoms with Crippen molar-refractivity contribution >= 4 is 55.0 Å². The highest BCUT2D eigenvalue weighted by atomic mass is 79.9. The molecule has 0 saturated heterocycles. The van der Waals surface area contributed by atoms with E-state index in [9.17, 15) is 9.59 Å². The van der Waals surface area contributed by atoms with Gasteiger partial charge in [0.2, 0.25) is 5.91 Å². The molecule has 2 N–H and O–H groups in total. The zero-order valence-electron chi connectivity index (χ0n) is 13.9. The third kappa shape index (κ3) is 5.57. The van der Waals surface area contributed by atoms with Crippen LogP contribution in [-0.4, -0.2) is 18.4 Å². The Hall–Kier alpha value is -1.86. The normalized spacial score (nSPS) is 10.2. The molecule has 2 aromatic rings. The lowest BCUT2D eigenvalue weighted by Crippen LogP contribution is -2.21. The molecule has 0 aliphatic carbocycles. The van der Waals surface area contributed by atoms with E-state index in [1.807, 2.05) is 19.1 Å². The molecule has 2 amide bonds. The number of nitrogens with one attached hydrogen (secondary N) is 2. The van der Waals surface area contributed by atoms with Crippen molar-refractivity contribution in [2.75, 3.05) is 17.2 Å². The summed E-state index contributed by atoms with van der Waals surface area (Å²) >= 11 is 6.75. The van der Waals surface area contributed by atoms with Gasteiger partial charge in [0.1, 0.15) is 5.75 Å². The van der Waals surface area contributed by atoms with E-state index in [1.165, 1.54) is 0 Å². The monoisotopic (exact) mass is 468 g/mol. The van der Waals surface area contributed by atoms with Gasteiger partial charge in [-0.3, -0.25) is 9.59 Å². The number of anilines is 2. The van der Waals surface area contributed by atoms with Crippen LogP contribution < -0.4 is 15.4 Å². The number of hydrogen-bond donors (Lipinski definition) is 2. The summed E-state index contributed by atoms with van der Waals surface area (Å²) < 4.78 is 7.20. The number of hydrogen-bond acceptors (Lipinski definition) is 3. The van der Waals surface area contributed by atoms with E-state index < -0.39 is 0 Å². The third-order valence-corrected chi connectivity index (χ3v) is 4.57. The minimum atomic E-state index is -0.281. The lowest BCUT2D eigenvalue weighted by atomic mass is 10.1. The summed E-state index contributed by atoms with van der Waals surface area (Å²) in [5.74, 6) is 0.228. The number of ether oxygens (including phenoxy) is 1. The van der Waals surface area contributed by atoms with Crippen LogP contribution in [0.15, 0.2) is 45.3 Å². The summed E-state index contributed by atoms with van der Waals surface area (Å²) in [4.78, 5) is 23.7. The molecule has 2 aromatic carbocycles. The van der Waals surface area contributed by atoms with Crippen LogP contribution >= 0.6 is 31.9 Å². The van der Waals surface area contributed by atoms with Gasteiger partial charge in [0.15, 0.2) is 6.61 Å². The van der Waals surface area contributed by atoms with Gasteiger partial charge in [-0.25, -0.2) is 0 Å². The molecule has 132 valence electrons. The minimum Gasteiger partial charge on any atom is -0.483 e. The fraction of sp³-hybridized carbons (Fsp3) is 0.222. The fourth-order valence-corrected chi connectivity index (χ4v) is 3.23. The zero-order chi connectivity index (χ0) is 18.4. The van der Waals surface area contributed by atoms with Gasteiger partial charge in [-0.05, 0) is 58.7 Å². The first-order valence-corrected chi connectivity index (χ1v) is 9.26. The van der Waals surface area contributed by atoms with Gasteiger partial charge in [0.25, 0.3) is 5.91 Å². The van der Waals surface area contributed by atoms with Crippen LogP contribution in [0.3, 0.4) is 0 Å². The van der Waals surface area contributed by atoms with Crippen LogP contribution in [0.25, 0.3) is 0 Å². The lowest BCUT2D eigenvalue weighted by Gasteiger charge is -2.14. The smallest absolute Gasteiger partial charge is 0.262 e. The Morgan fingerprint density at radius 1 is 1.04 bits per heavy atom. The first-order chi connectivity index (χ1) is 11.9. The van der Waals surface area contributed by atoms with Crippen LogP contribution in [0.5, 0.6) is 5.75 Å². The molecule has 0 aliphatic rings. The SMILES string of the molecule is CCC(=O)Nc1cccc(NC(=O)COc2ccc(Br)cc2Br)c1C. The molecule has 0 bridgehead atoms. The van der Waals surface area contributed by atoms with Crippen molar-refractivity contribution in [3.63, 3.8) is 0 Å². The van der Waals surface area contributed by atoms with Gasteiger partial charge < -0.3 is 15.4 Å². The highest BCUT2D eigenvalue weighted by Gasteiger charge is 2.11. The molecule has 0 heterocycles. The second-order valence-corrected chi connectivity index (χ2v) is 7.06. The summed E-state index contributed by atoms with van der Waals surface area (Å²) in [7, 11) is 0. The highest BCUT2D eigenvalue weighted by molar-refractivity contribution is 9.11. The second-order valence-electron chi connectivity index (χ2n) is 5.29. The molecule has 2 rings (SSSR count). The van der Waals surface area contributed by atoms with E-state index >= 15 is 0 Å². The number of carbonyl (C=O) groups excluding carboxylic acids is 2. The molecule has 7 heteroatoms. The molecule has 0 radical (unpaired) electrons. The Balaban J connectivity index is 2.00. The van der Waals surface area contributed by atoms with Gasteiger partial charge in [0.05, 0.1) is 4.47 Å². The van der Waals surface area contributed by atoms with Gasteiger partial charge in [-0.2, -0.15) is 0 Å². The summed E-state index contributed by atoms with van der Waals surface area (Å²) in [6.07, 6.45) is 0.395. The van der Waals surface area contributed by atoms with Crippen molar-refractivity contribution < 1.29 is 14.3 Å². The van der Waals surface area contributed by atoms with Gasteiger partial charge in [-0.15, -0.1) is 0 Å². The summed E-state index contributed by atoms with van der Waals surface area (Å²) in [5.41, 5.74) is 2.11. The van der Waals surface area contributed by atoms with Crippen molar-refractivity contribution in [2.45, 2.75) is 20.3 Å². The van der Waals surface area contributed by atoms with E-state index in [0.717, 1.165) is 14.5 Å². The molecule has 0 atom stereocenters. The predicted molar refractivity (Wildman–Crippen MR) is 106 cm³/mol. The molecule has 25 heavy (non-hydrogen) atoms. The van der Waals surface area contributed by atoms with Crippen molar-refractivity contribution in [1.82, 2.24) is 0 Å². The van der Waals surface area contributed by atoms with Crippen LogP contribution in [0.1, 0.15) is 18.9 Å². The Kier molecular flexibility index (Phi) is 7.01. The molecule has 0 unspecified atom stereocenters. The van der Waals surface area contributed by atoms with Crippen LogP contribution in [0, 0.1) is 6.92 Å². The van der Waals surface area contributed by atoms with E-state index in [1.54, 1.807) is 31.2 Å². The number of carbonyl (C=O) groups is 2. The lowest BCUT2D eigenvalue weighted by molar-refractivity contribution is -0.118. The highest BCUT2D eigenvalue weighted by Crippen LogP contribution is 2.28. The largest absolute Gasteiger partial charge is 0.483 e. The van der Waals surface area contributed by atoms with Crippen molar-refractivity contribution in [3.8, 4) is 5.75 Å². The average Bonchev–Trinajstić information content (AvgIpc) is 2.57. The van der Waals surface area contributed by atoms with Crippen molar-refractivity contribution in [1.29, 1.82) is 0 Å². The van der Waals surface area contributed by atoms with E-state index in [4.69, 9.17) is 4.74 Å². The second kappa shape index (κ2) is 9.01. The quantitative estimate of drug-likeness (QED) is 0.633. The van der Waals surface area contributed by atoms with Gasteiger partial charge in [0, 0.05) is 22.3 Å². The van der Waals surface area contributed by atoms with E-state index in [-0.39, 0.29) is 18.4 Å². The maximum atomic E-state index is 12.2. The number of halogens is 2. The van der Waals surface area contributed by atoms with Gasteiger partial charge >= 0.3 is 0 Å². The molecule has 0 aliphatic heterocycles. The number of rotatable bonds is 6. The topological polar surface area (TPSA) is 67.4 Å². The van der Waals surface area contributed by atoms with Crippen LogP contribution in [0.2, 0.25) is 0 Å². The molecule has 0 spiro atoms. The maximum absolute atomic E-state index is 12.2. The Morgan fingerprint density at radius 2 is 1.68 bits per heavy atom. The Labute approximate surface area is 163 Å². The predicted octanol–water partition coefficient (Wildman–Crippen LogP) is 4.89. The molecule has 5 nitrogen and oxygen atoms in total. The zero-order valence-corrected chi connectivity index (χ0v) is 17.0. The van der Waals surface area contributed by atoms with Gasteiger partial charge in [-0.1, -0.05) is 28.9 Å². The fourth-order valence-electron chi connectivity index (χ4n) is 2.07. The minimum absolute atomic E-state index is 0.0741. The summed E-state index contributed by atoms with van der Waals surface area (Å²) in [6, 6.07) is 10.8. The maximum Gasteiger partial charge on any atom is 0.262 e.